The van der Waals surface area contributed by atoms with Crippen molar-refractivity contribution in [3.63, 3.8) is 0 Å². The molecule has 0 saturated carbocycles. The van der Waals surface area contributed by atoms with Gasteiger partial charge in [0, 0.05) is 38.0 Å². The summed E-state index contributed by atoms with van der Waals surface area (Å²) < 4.78 is 11.6. The quantitative estimate of drug-likeness (QED) is 0.129. The molecule has 0 unspecified atom stereocenters. The molecule has 234 valence electrons. The number of aromatic amines is 1. The van der Waals surface area contributed by atoms with Crippen molar-refractivity contribution in [1.82, 2.24) is 38.9 Å². The van der Waals surface area contributed by atoms with Crippen LogP contribution in [0.1, 0.15) is 24.4 Å². The third-order valence-corrected chi connectivity index (χ3v) is 10.0. The fourth-order valence-electron chi connectivity index (χ4n) is 5.89. The lowest BCUT2D eigenvalue weighted by Gasteiger charge is -2.20. The van der Waals surface area contributed by atoms with E-state index in [9.17, 15) is 4.79 Å². The highest BCUT2D eigenvalue weighted by molar-refractivity contribution is 6.76. The largest absolute Gasteiger partial charge is 0.361 e. The number of anilines is 1. The van der Waals surface area contributed by atoms with Crippen LogP contribution < -0.4 is 10.9 Å². The predicted molar refractivity (Wildman–Crippen MR) is 184 cm³/mol. The average molecular weight is 632 g/mol. The van der Waals surface area contributed by atoms with Gasteiger partial charge in [0.05, 0.1) is 28.8 Å². The Morgan fingerprint density at radius 2 is 1.85 bits per heavy atom. The average Bonchev–Trinajstić information content (AvgIpc) is 3.77. The number of H-pyrrole nitrogens is 1. The maximum absolute atomic E-state index is 14.0. The maximum Gasteiger partial charge on any atom is 0.282 e. The lowest BCUT2D eigenvalue weighted by molar-refractivity contribution is 0.0899. The molecule has 0 aliphatic carbocycles. The predicted octanol–water partition coefficient (Wildman–Crippen LogP) is 6.57. The first-order valence-corrected chi connectivity index (χ1v) is 19.2. The molecule has 11 nitrogen and oxygen atoms in total. The van der Waals surface area contributed by atoms with Crippen LogP contribution in [0.25, 0.3) is 44.3 Å². The summed E-state index contributed by atoms with van der Waals surface area (Å²) in [6, 6.07) is 18.3. The topological polar surface area (TPSA) is 120 Å². The summed E-state index contributed by atoms with van der Waals surface area (Å²) in [6.45, 7) is 12.0. The summed E-state index contributed by atoms with van der Waals surface area (Å²) in [5.41, 5.74) is 5.68. The number of nitrogens with one attached hydrogen (secondary N) is 2. The van der Waals surface area contributed by atoms with Gasteiger partial charge in [-0.15, -0.1) is 0 Å². The van der Waals surface area contributed by atoms with Crippen molar-refractivity contribution < 1.29 is 4.74 Å². The highest BCUT2D eigenvalue weighted by atomic mass is 28.3. The van der Waals surface area contributed by atoms with Crippen molar-refractivity contribution >= 4 is 41.3 Å². The zero-order valence-electron chi connectivity index (χ0n) is 26.7. The van der Waals surface area contributed by atoms with Crippen LogP contribution in [0, 0.1) is 6.92 Å². The van der Waals surface area contributed by atoms with E-state index in [2.05, 4.69) is 47.4 Å². The molecule has 46 heavy (non-hydrogen) atoms. The van der Waals surface area contributed by atoms with Gasteiger partial charge < -0.3 is 14.6 Å². The molecular formula is C34H37N9O2Si. The smallest absolute Gasteiger partial charge is 0.282 e. The monoisotopic (exact) mass is 631 g/mol. The van der Waals surface area contributed by atoms with Crippen LogP contribution in [0.4, 0.5) is 5.82 Å². The highest BCUT2D eigenvalue weighted by Gasteiger charge is 2.24. The Morgan fingerprint density at radius 3 is 2.65 bits per heavy atom. The number of rotatable bonds is 10. The Balaban J connectivity index is 1.35. The molecule has 0 bridgehead atoms. The number of para-hydroxylation sites is 1. The number of hydrogen-bond donors (Lipinski definition) is 2. The van der Waals surface area contributed by atoms with Gasteiger partial charge in [-0.1, -0.05) is 50.0 Å². The Hall–Kier alpha value is -5.07. The molecule has 0 saturated heterocycles. The number of benzene rings is 2. The van der Waals surface area contributed by atoms with Crippen molar-refractivity contribution in [3.8, 4) is 16.8 Å². The third-order valence-electron chi connectivity index (χ3n) is 8.32. The summed E-state index contributed by atoms with van der Waals surface area (Å²) in [7, 11) is -1.24. The molecule has 1 atom stereocenters. The second-order valence-corrected chi connectivity index (χ2v) is 18.5. The van der Waals surface area contributed by atoms with Crippen LogP contribution in [-0.4, -0.2) is 53.6 Å². The van der Waals surface area contributed by atoms with E-state index in [0.29, 0.717) is 30.5 Å². The molecule has 0 aliphatic rings. The maximum atomic E-state index is 14.0. The molecular weight excluding hydrogens is 595 g/mol. The Bertz CT molecular complexity index is 2240. The first kappa shape index (κ1) is 29.6. The van der Waals surface area contributed by atoms with Gasteiger partial charge >= 0.3 is 0 Å². The van der Waals surface area contributed by atoms with Crippen LogP contribution in [0.15, 0.2) is 84.3 Å². The minimum atomic E-state index is -1.24. The van der Waals surface area contributed by atoms with Crippen LogP contribution in [0.5, 0.6) is 0 Å². The summed E-state index contributed by atoms with van der Waals surface area (Å²) in [5, 5.41) is 17.8. The molecule has 2 N–H and O–H groups in total. The van der Waals surface area contributed by atoms with Gasteiger partial charge in [0.1, 0.15) is 30.0 Å². The van der Waals surface area contributed by atoms with Crippen molar-refractivity contribution in [2.75, 3.05) is 11.9 Å². The van der Waals surface area contributed by atoms with Gasteiger partial charge in [0.25, 0.3) is 5.56 Å². The molecule has 0 spiro atoms. The Morgan fingerprint density at radius 1 is 1.02 bits per heavy atom. The van der Waals surface area contributed by atoms with Gasteiger partial charge in [0.2, 0.25) is 0 Å². The number of ether oxygens (including phenoxy) is 1. The standard InChI is InChI=1S/C34H37N9O2Si/c1-22-14-15-42-30(22)34(44)43(24-10-7-6-8-11-24)32(40-42)23(2)38-31-29-27(25-12-9-13-28-26(25)18-37-39-28)19-41(33(29)36-20-35-31)21-45-16-17-46(3,4)5/h6-15,18-20,23H,16-17,21H2,1-5H3,(H,37,39)(H,35,36,38)/t23-/m0/s1. The SMILES string of the molecule is Cc1ccn2nc([C@H](C)Nc3ncnc4c3c(-c3cccc5[nH]ncc35)cn4COCC[Si](C)(C)C)n(-c3ccccc3)c(=O)c12. The molecule has 2 aromatic carbocycles. The second-order valence-electron chi connectivity index (χ2n) is 12.9. The zero-order valence-corrected chi connectivity index (χ0v) is 27.7. The first-order chi connectivity index (χ1) is 22.2. The molecule has 7 aromatic rings. The number of hydrogen-bond acceptors (Lipinski definition) is 7. The lowest BCUT2D eigenvalue weighted by Crippen LogP contribution is -2.29. The first-order valence-electron chi connectivity index (χ1n) is 15.5. The molecule has 12 heteroatoms. The van der Waals surface area contributed by atoms with Gasteiger partial charge in [-0.25, -0.2) is 14.5 Å². The van der Waals surface area contributed by atoms with E-state index in [1.807, 2.05) is 79.3 Å². The van der Waals surface area contributed by atoms with Crippen molar-refractivity contribution in [2.24, 2.45) is 0 Å². The molecule has 0 radical (unpaired) electrons. The van der Waals surface area contributed by atoms with E-state index in [-0.39, 0.29) is 5.56 Å². The van der Waals surface area contributed by atoms with E-state index >= 15 is 0 Å². The van der Waals surface area contributed by atoms with Crippen LogP contribution in [-0.2, 0) is 11.5 Å². The van der Waals surface area contributed by atoms with Crippen LogP contribution in [0.2, 0.25) is 25.7 Å². The molecule has 5 heterocycles. The van der Waals surface area contributed by atoms with Gasteiger partial charge in [0.15, 0.2) is 5.82 Å². The minimum absolute atomic E-state index is 0.130. The van der Waals surface area contributed by atoms with Crippen LogP contribution in [0.3, 0.4) is 0 Å². The number of aryl methyl sites for hydroxylation is 1. The normalized spacial score (nSPS) is 12.8. The van der Waals surface area contributed by atoms with Crippen molar-refractivity contribution in [1.29, 1.82) is 0 Å². The van der Waals surface area contributed by atoms with E-state index in [0.717, 1.165) is 50.4 Å². The van der Waals surface area contributed by atoms with Crippen molar-refractivity contribution in [3.05, 3.63) is 101 Å². The summed E-state index contributed by atoms with van der Waals surface area (Å²) in [6.07, 6.45) is 7.31. The Kier molecular flexibility index (Phi) is 7.53. The molecule has 7 rings (SSSR count). The fourth-order valence-corrected chi connectivity index (χ4v) is 6.64. The van der Waals surface area contributed by atoms with E-state index in [1.165, 1.54) is 0 Å². The fraction of sp³-hybridized carbons (Fsp3) is 0.265. The van der Waals surface area contributed by atoms with Gasteiger partial charge in [-0.05, 0) is 55.3 Å². The number of nitrogens with zero attached hydrogens (tertiary/aromatic N) is 7. The lowest BCUT2D eigenvalue weighted by atomic mass is 10.0. The Labute approximate surface area is 266 Å². The number of aromatic nitrogens is 8. The molecule has 0 aliphatic heterocycles. The summed E-state index contributed by atoms with van der Waals surface area (Å²) in [5.74, 6) is 1.19. The van der Waals surface area contributed by atoms with E-state index in [4.69, 9.17) is 19.8 Å². The minimum Gasteiger partial charge on any atom is -0.361 e. The summed E-state index contributed by atoms with van der Waals surface area (Å²) >= 11 is 0. The van der Waals surface area contributed by atoms with E-state index in [1.54, 1.807) is 15.4 Å². The summed E-state index contributed by atoms with van der Waals surface area (Å²) in [4.78, 5) is 23.4. The van der Waals surface area contributed by atoms with E-state index < -0.39 is 14.1 Å². The van der Waals surface area contributed by atoms with Crippen molar-refractivity contribution in [2.45, 2.75) is 52.3 Å². The second kappa shape index (κ2) is 11.7. The zero-order chi connectivity index (χ0) is 32.0. The van der Waals surface area contributed by atoms with Gasteiger partial charge in [-0.3, -0.25) is 14.5 Å². The molecule has 0 amide bonds. The molecule has 5 aromatic heterocycles. The number of fused-ring (bicyclic) bond motifs is 3. The highest BCUT2D eigenvalue weighted by Crippen LogP contribution is 2.38. The van der Waals surface area contributed by atoms with Gasteiger partial charge in [-0.2, -0.15) is 10.2 Å². The van der Waals surface area contributed by atoms with Crippen LogP contribution >= 0.6 is 0 Å². The third kappa shape index (κ3) is 5.39. The molecule has 0 fully saturated rings.